The molecule has 2 aliphatic rings. The minimum Gasteiger partial charge on any atom is -0.309 e. The van der Waals surface area contributed by atoms with Crippen LogP contribution in [-0.4, -0.2) is 45.7 Å². The summed E-state index contributed by atoms with van der Waals surface area (Å²) in [5, 5.41) is 7.52. The first-order valence-corrected chi connectivity index (χ1v) is 9.76. The number of aryl methyl sites for hydroxylation is 2. The molecule has 6 heterocycles. The minimum atomic E-state index is -0.114. The van der Waals surface area contributed by atoms with Gasteiger partial charge in [0.25, 0.3) is 0 Å². The lowest BCUT2D eigenvalue weighted by Crippen LogP contribution is -2.14. The molecule has 0 unspecified atom stereocenters. The molecule has 0 atom stereocenters. The van der Waals surface area contributed by atoms with Crippen molar-refractivity contribution in [3.8, 4) is 11.4 Å². The lowest BCUT2D eigenvalue weighted by Gasteiger charge is -2.09. The molecule has 0 saturated carbocycles. The van der Waals surface area contributed by atoms with E-state index in [4.69, 9.17) is 9.98 Å². The lowest BCUT2D eigenvalue weighted by molar-refractivity contribution is -0.116. The van der Waals surface area contributed by atoms with Gasteiger partial charge in [0.15, 0.2) is 5.82 Å². The number of rotatable bonds is 0. The second-order valence-corrected chi connectivity index (χ2v) is 7.36. The molecule has 0 aromatic carbocycles. The second-order valence-electron chi connectivity index (χ2n) is 7.36. The average Bonchev–Trinajstić information content (AvgIpc) is 3.41. The molecule has 10 nitrogen and oxygen atoms in total. The molecule has 0 spiro atoms. The Bertz CT molecular complexity index is 1360. The molecule has 148 valence electrons. The largest absolute Gasteiger partial charge is 0.309 e. The quantitative estimate of drug-likeness (QED) is 0.482. The molecule has 1 N–H and O–H groups in total. The predicted octanol–water partition coefficient (Wildman–Crippen LogP) is 1.77. The summed E-state index contributed by atoms with van der Waals surface area (Å²) in [4.78, 5) is 35.6. The van der Waals surface area contributed by atoms with E-state index >= 15 is 0 Å². The van der Waals surface area contributed by atoms with Gasteiger partial charge in [-0.3, -0.25) is 23.9 Å². The summed E-state index contributed by atoms with van der Waals surface area (Å²) in [6.45, 7) is 3.09. The van der Waals surface area contributed by atoms with Gasteiger partial charge in [-0.15, -0.1) is 0 Å². The predicted molar refractivity (Wildman–Crippen MR) is 108 cm³/mol. The van der Waals surface area contributed by atoms with Crippen molar-refractivity contribution in [2.45, 2.75) is 32.9 Å². The molecule has 10 heteroatoms. The Morgan fingerprint density at radius 3 is 3.07 bits per heavy atom. The molecule has 4 aromatic rings. The third-order valence-electron chi connectivity index (χ3n) is 5.36. The maximum Gasteiger partial charge on any atom is 0.236 e. The van der Waals surface area contributed by atoms with Crippen molar-refractivity contribution in [2.75, 3.05) is 5.32 Å². The number of aromatic nitrogens is 7. The van der Waals surface area contributed by atoms with E-state index in [0.717, 1.165) is 28.4 Å². The van der Waals surface area contributed by atoms with Crippen molar-refractivity contribution in [3.63, 3.8) is 0 Å². The Balaban J connectivity index is 1.61. The second kappa shape index (κ2) is 6.28. The number of anilines is 1. The van der Waals surface area contributed by atoms with E-state index in [-0.39, 0.29) is 5.91 Å². The van der Waals surface area contributed by atoms with Gasteiger partial charge in [-0.2, -0.15) is 10.1 Å². The van der Waals surface area contributed by atoms with Gasteiger partial charge >= 0.3 is 0 Å². The summed E-state index contributed by atoms with van der Waals surface area (Å²) >= 11 is 0. The highest BCUT2D eigenvalue weighted by Gasteiger charge is 2.26. The molecule has 6 rings (SSSR count). The number of amides is 1. The zero-order valence-corrected chi connectivity index (χ0v) is 16.2. The molecule has 0 saturated heterocycles. The monoisotopic (exact) mass is 399 g/mol. The van der Waals surface area contributed by atoms with Gasteiger partial charge in [0.1, 0.15) is 17.1 Å². The molecular formula is C20H17N9O. The average molecular weight is 399 g/mol. The van der Waals surface area contributed by atoms with Crippen molar-refractivity contribution in [2.24, 2.45) is 4.99 Å². The van der Waals surface area contributed by atoms with Crippen LogP contribution < -0.4 is 5.32 Å². The van der Waals surface area contributed by atoms with Crippen LogP contribution in [-0.2, 0) is 17.9 Å². The molecule has 0 radical (unpaired) electrons. The summed E-state index contributed by atoms with van der Waals surface area (Å²) in [6, 6.07) is 1.81. The van der Waals surface area contributed by atoms with E-state index in [1.165, 1.54) is 0 Å². The number of carbonyl (C=O) groups excluding carboxylic acids is 1. The van der Waals surface area contributed by atoms with Gasteiger partial charge in [0.05, 0.1) is 29.8 Å². The lowest BCUT2D eigenvalue weighted by atomic mass is 10.1. The summed E-state index contributed by atoms with van der Waals surface area (Å²) in [5.41, 5.74) is 5.44. The number of imidazole rings is 1. The van der Waals surface area contributed by atoms with Crippen LogP contribution in [0.3, 0.4) is 0 Å². The minimum absolute atomic E-state index is 0.114. The van der Waals surface area contributed by atoms with Gasteiger partial charge in [-0.25, -0.2) is 9.97 Å². The summed E-state index contributed by atoms with van der Waals surface area (Å²) < 4.78 is 3.68. The Labute approximate surface area is 170 Å². The fourth-order valence-electron chi connectivity index (χ4n) is 3.96. The highest BCUT2D eigenvalue weighted by molar-refractivity contribution is 6.14. The van der Waals surface area contributed by atoms with Crippen LogP contribution in [0.1, 0.15) is 35.5 Å². The van der Waals surface area contributed by atoms with Crippen LogP contribution in [0, 0.1) is 6.92 Å². The van der Waals surface area contributed by atoms with E-state index in [9.17, 15) is 4.79 Å². The van der Waals surface area contributed by atoms with Gasteiger partial charge in [0.2, 0.25) is 11.7 Å². The first kappa shape index (κ1) is 17.0. The van der Waals surface area contributed by atoms with Gasteiger partial charge in [0, 0.05) is 37.1 Å². The standard InChI is InChI=1S/C20H17N9O/c1-11-12-10-28(27-11)6-2-4-15(30)25-19-18(29-7-3-5-21-20(29)26-19)14-9-22-13-8-23-16(12)17(13)24-14/h3,5,7,9-10H,2,4,6,8H2,1H3,(H,25,30). The van der Waals surface area contributed by atoms with Gasteiger partial charge in [-0.1, -0.05) is 0 Å². The normalized spacial score (nSPS) is 15.5. The van der Waals surface area contributed by atoms with E-state index < -0.39 is 0 Å². The van der Waals surface area contributed by atoms with Crippen LogP contribution in [0.25, 0.3) is 17.2 Å². The van der Waals surface area contributed by atoms with Crippen LogP contribution >= 0.6 is 0 Å². The van der Waals surface area contributed by atoms with Crippen molar-refractivity contribution >= 4 is 23.2 Å². The van der Waals surface area contributed by atoms with E-state index in [1.54, 1.807) is 12.4 Å². The number of aliphatic imine (C=N–C) groups is 1. The highest BCUT2D eigenvalue weighted by Crippen LogP contribution is 2.30. The number of hydrogen-bond donors (Lipinski definition) is 1. The molecule has 4 bridgehead atoms. The molecule has 0 fully saturated rings. The third kappa shape index (κ3) is 2.53. The van der Waals surface area contributed by atoms with Crippen LogP contribution in [0.5, 0.6) is 0 Å². The Morgan fingerprint density at radius 1 is 1.20 bits per heavy atom. The fourth-order valence-corrected chi connectivity index (χ4v) is 3.96. The van der Waals surface area contributed by atoms with Crippen LogP contribution in [0.4, 0.5) is 5.82 Å². The molecule has 1 amide bonds. The maximum atomic E-state index is 12.6. The summed E-state index contributed by atoms with van der Waals surface area (Å²) in [7, 11) is 0. The summed E-state index contributed by atoms with van der Waals surface area (Å²) in [6.07, 6.45) is 8.21. The van der Waals surface area contributed by atoms with Gasteiger partial charge in [-0.05, 0) is 19.4 Å². The van der Waals surface area contributed by atoms with Crippen LogP contribution in [0.15, 0.2) is 35.8 Å². The Hall–Kier alpha value is -3.95. The van der Waals surface area contributed by atoms with E-state index in [1.807, 2.05) is 34.5 Å². The smallest absolute Gasteiger partial charge is 0.236 e. The highest BCUT2D eigenvalue weighted by atomic mass is 16.1. The fraction of sp³-hybridized carbons (Fsp3) is 0.250. The SMILES string of the molecule is Cc1nn2cc1C1=NCc3ncc(nc31)-c1c(nc3ncccn13)NC(=O)CCC2. The van der Waals surface area contributed by atoms with Crippen molar-refractivity contribution in [1.29, 1.82) is 0 Å². The van der Waals surface area contributed by atoms with Crippen LogP contribution in [0.2, 0.25) is 0 Å². The molecule has 4 aromatic heterocycles. The maximum absolute atomic E-state index is 12.6. The number of nitrogens with zero attached hydrogens (tertiary/aromatic N) is 8. The Kier molecular flexibility index (Phi) is 3.55. The first-order chi connectivity index (χ1) is 14.7. The van der Waals surface area contributed by atoms with Crippen molar-refractivity contribution in [3.05, 3.63) is 53.5 Å². The van der Waals surface area contributed by atoms with E-state index in [2.05, 4.69) is 25.4 Å². The number of fused-ring (bicyclic) bond motifs is 8. The van der Waals surface area contributed by atoms with Crippen molar-refractivity contribution in [1.82, 2.24) is 34.1 Å². The van der Waals surface area contributed by atoms with E-state index in [0.29, 0.717) is 48.9 Å². The number of hydrogen-bond acceptors (Lipinski definition) is 7. The van der Waals surface area contributed by atoms with Crippen molar-refractivity contribution < 1.29 is 4.79 Å². The molecule has 0 aliphatic carbocycles. The molecular weight excluding hydrogens is 382 g/mol. The number of nitrogens with one attached hydrogen (secondary N) is 1. The zero-order chi connectivity index (χ0) is 20.2. The van der Waals surface area contributed by atoms with Gasteiger partial charge < -0.3 is 5.32 Å². The Morgan fingerprint density at radius 2 is 2.13 bits per heavy atom. The first-order valence-electron chi connectivity index (χ1n) is 9.76. The topological polar surface area (TPSA) is 115 Å². The molecule has 2 aliphatic heterocycles. The summed E-state index contributed by atoms with van der Waals surface area (Å²) in [5.74, 6) is 0.799. The number of carbonyl (C=O) groups is 1. The zero-order valence-electron chi connectivity index (χ0n) is 16.2. The third-order valence-corrected chi connectivity index (χ3v) is 5.36. The molecule has 30 heavy (non-hydrogen) atoms.